The minimum Gasteiger partial charge on any atom is -0.207 e. The van der Waals surface area contributed by atoms with Gasteiger partial charge in [-0.25, -0.2) is 4.39 Å². The Labute approximate surface area is 125 Å². The summed E-state index contributed by atoms with van der Waals surface area (Å²) >= 11 is 6.45. The third-order valence-corrected chi connectivity index (χ3v) is 4.08. The van der Waals surface area contributed by atoms with Gasteiger partial charge in [0.05, 0.1) is 5.38 Å². The molecule has 0 saturated heterocycles. The maximum Gasteiger partial charge on any atom is 0.126 e. The molecule has 20 heavy (non-hydrogen) atoms. The summed E-state index contributed by atoms with van der Waals surface area (Å²) in [5.41, 5.74) is 3.79. The van der Waals surface area contributed by atoms with Crippen molar-refractivity contribution in [2.45, 2.75) is 38.5 Å². The van der Waals surface area contributed by atoms with E-state index >= 15 is 0 Å². The fourth-order valence-electron chi connectivity index (χ4n) is 2.19. The summed E-state index contributed by atoms with van der Waals surface area (Å²) < 4.78 is 13.6. The van der Waals surface area contributed by atoms with E-state index in [-0.39, 0.29) is 11.2 Å². The molecule has 0 aliphatic rings. The van der Waals surface area contributed by atoms with Gasteiger partial charge in [0.25, 0.3) is 0 Å². The molecule has 0 aliphatic carbocycles. The molecule has 2 rings (SSSR count). The highest BCUT2D eigenvalue weighted by Crippen LogP contribution is 2.30. The minimum absolute atomic E-state index is 0.201. The lowest BCUT2D eigenvalue weighted by Gasteiger charge is -2.12. The van der Waals surface area contributed by atoms with Gasteiger partial charge < -0.3 is 0 Å². The van der Waals surface area contributed by atoms with E-state index in [0.717, 1.165) is 17.5 Å². The van der Waals surface area contributed by atoms with Crippen LogP contribution in [0.3, 0.4) is 0 Å². The van der Waals surface area contributed by atoms with Crippen molar-refractivity contribution < 1.29 is 4.39 Å². The molecule has 0 nitrogen and oxygen atoms in total. The second-order valence-electron chi connectivity index (χ2n) is 5.22. The summed E-state index contributed by atoms with van der Waals surface area (Å²) in [5.74, 6) is -0.201. The first kappa shape index (κ1) is 15.1. The van der Waals surface area contributed by atoms with Gasteiger partial charge in [-0.05, 0) is 48.1 Å². The van der Waals surface area contributed by atoms with Crippen LogP contribution in [-0.4, -0.2) is 0 Å². The summed E-state index contributed by atoms with van der Waals surface area (Å²) in [5, 5.41) is -0.301. The molecule has 0 radical (unpaired) electrons. The molecular formula is C18H20ClF. The van der Waals surface area contributed by atoms with Crippen molar-refractivity contribution in [2.75, 3.05) is 0 Å². The minimum atomic E-state index is -0.301. The Bertz CT molecular complexity index is 560. The molecule has 0 aromatic heterocycles. The topological polar surface area (TPSA) is 0 Å². The molecule has 0 fully saturated rings. The Balaban J connectivity index is 2.15. The maximum atomic E-state index is 13.6. The van der Waals surface area contributed by atoms with Crippen molar-refractivity contribution in [2.24, 2.45) is 0 Å². The molecule has 1 atom stereocenters. The Hall–Kier alpha value is -1.34. The number of alkyl halides is 1. The Kier molecular flexibility index (Phi) is 5.19. The van der Waals surface area contributed by atoms with Crippen LogP contribution in [0.4, 0.5) is 4.39 Å². The second-order valence-corrected chi connectivity index (χ2v) is 5.65. The van der Waals surface area contributed by atoms with Crippen LogP contribution >= 0.6 is 11.6 Å². The lowest BCUT2D eigenvalue weighted by atomic mass is 10.0. The molecular weight excluding hydrogens is 271 g/mol. The summed E-state index contributed by atoms with van der Waals surface area (Å²) in [6.45, 7) is 3.94. The van der Waals surface area contributed by atoms with Crippen molar-refractivity contribution in [3.63, 3.8) is 0 Å². The van der Waals surface area contributed by atoms with Crippen LogP contribution < -0.4 is 0 Å². The van der Waals surface area contributed by atoms with E-state index < -0.39 is 0 Å². The smallest absolute Gasteiger partial charge is 0.126 e. The number of hydrogen-bond acceptors (Lipinski definition) is 0. The maximum absolute atomic E-state index is 13.6. The molecule has 0 amide bonds. The van der Waals surface area contributed by atoms with Gasteiger partial charge in [0.1, 0.15) is 5.82 Å². The third kappa shape index (κ3) is 3.61. The molecule has 2 heteroatoms. The van der Waals surface area contributed by atoms with Crippen molar-refractivity contribution in [1.29, 1.82) is 0 Å². The molecule has 1 unspecified atom stereocenters. The fraction of sp³-hybridized carbons (Fsp3) is 0.333. The van der Waals surface area contributed by atoms with Crippen LogP contribution in [-0.2, 0) is 6.42 Å². The molecule has 0 N–H and O–H groups in total. The molecule has 106 valence electrons. The number of hydrogen-bond donors (Lipinski definition) is 0. The molecule has 2 aromatic rings. The standard InChI is InChI=1S/C18H20ClF/c1-3-4-5-14-7-10-15(11-8-14)18(19)16-9-6-13(2)17(20)12-16/h6-12,18H,3-5H2,1-2H3. The SMILES string of the molecule is CCCCc1ccc(C(Cl)c2ccc(C)c(F)c2)cc1. The van der Waals surface area contributed by atoms with Gasteiger partial charge in [-0.3, -0.25) is 0 Å². The van der Waals surface area contributed by atoms with Crippen LogP contribution in [0.1, 0.15) is 47.4 Å². The number of benzene rings is 2. The first-order chi connectivity index (χ1) is 9.61. The van der Waals surface area contributed by atoms with Gasteiger partial charge in [-0.2, -0.15) is 0 Å². The Morgan fingerprint density at radius 2 is 1.70 bits per heavy atom. The van der Waals surface area contributed by atoms with Crippen LogP contribution in [0.5, 0.6) is 0 Å². The van der Waals surface area contributed by atoms with Gasteiger partial charge in [0.15, 0.2) is 0 Å². The van der Waals surface area contributed by atoms with E-state index in [4.69, 9.17) is 11.6 Å². The number of unbranched alkanes of at least 4 members (excludes halogenated alkanes) is 1. The quantitative estimate of drug-likeness (QED) is 0.610. The number of halogens is 2. The normalized spacial score (nSPS) is 12.4. The van der Waals surface area contributed by atoms with Gasteiger partial charge in [0, 0.05) is 0 Å². The Morgan fingerprint density at radius 3 is 2.30 bits per heavy atom. The van der Waals surface area contributed by atoms with E-state index in [1.54, 1.807) is 13.0 Å². The molecule has 0 bridgehead atoms. The van der Waals surface area contributed by atoms with Crippen molar-refractivity contribution >= 4 is 11.6 Å². The number of aryl methyl sites for hydroxylation is 2. The van der Waals surface area contributed by atoms with Crippen molar-refractivity contribution in [3.8, 4) is 0 Å². The second kappa shape index (κ2) is 6.90. The third-order valence-electron chi connectivity index (χ3n) is 3.58. The molecule has 0 heterocycles. The van der Waals surface area contributed by atoms with Crippen molar-refractivity contribution in [1.82, 2.24) is 0 Å². The van der Waals surface area contributed by atoms with Crippen molar-refractivity contribution in [3.05, 3.63) is 70.5 Å². The Morgan fingerprint density at radius 1 is 1.05 bits per heavy atom. The van der Waals surface area contributed by atoms with Gasteiger partial charge in [-0.15, -0.1) is 11.6 Å². The highest BCUT2D eigenvalue weighted by atomic mass is 35.5. The zero-order valence-corrected chi connectivity index (χ0v) is 12.8. The average molecular weight is 291 g/mol. The molecule has 0 spiro atoms. The highest BCUT2D eigenvalue weighted by molar-refractivity contribution is 6.22. The monoisotopic (exact) mass is 290 g/mol. The van der Waals surface area contributed by atoms with Crippen LogP contribution in [0, 0.1) is 12.7 Å². The van der Waals surface area contributed by atoms with E-state index in [0.29, 0.717) is 5.56 Å². The van der Waals surface area contributed by atoms with Crippen LogP contribution in [0.2, 0.25) is 0 Å². The molecule has 2 aromatic carbocycles. The first-order valence-corrected chi connectivity index (χ1v) is 7.54. The molecule has 0 saturated carbocycles. The summed E-state index contributed by atoms with van der Waals surface area (Å²) in [7, 11) is 0. The zero-order chi connectivity index (χ0) is 14.5. The van der Waals surface area contributed by atoms with E-state index in [1.165, 1.54) is 24.5 Å². The van der Waals surface area contributed by atoms with Gasteiger partial charge in [0.2, 0.25) is 0 Å². The van der Waals surface area contributed by atoms with Gasteiger partial charge in [-0.1, -0.05) is 49.7 Å². The molecule has 0 aliphatic heterocycles. The van der Waals surface area contributed by atoms with E-state index in [1.807, 2.05) is 18.2 Å². The van der Waals surface area contributed by atoms with E-state index in [2.05, 4.69) is 19.1 Å². The lowest BCUT2D eigenvalue weighted by Crippen LogP contribution is -1.96. The average Bonchev–Trinajstić information content (AvgIpc) is 2.48. The first-order valence-electron chi connectivity index (χ1n) is 7.10. The summed E-state index contributed by atoms with van der Waals surface area (Å²) in [6.07, 6.45) is 3.50. The summed E-state index contributed by atoms with van der Waals surface area (Å²) in [6, 6.07) is 13.5. The van der Waals surface area contributed by atoms with Crippen LogP contribution in [0.15, 0.2) is 42.5 Å². The fourth-order valence-corrected chi connectivity index (χ4v) is 2.47. The van der Waals surface area contributed by atoms with E-state index in [9.17, 15) is 4.39 Å². The van der Waals surface area contributed by atoms with Crippen LogP contribution in [0.25, 0.3) is 0 Å². The zero-order valence-electron chi connectivity index (χ0n) is 12.0. The summed E-state index contributed by atoms with van der Waals surface area (Å²) in [4.78, 5) is 0. The largest absolute Gasteiger partial charge is 0.207 e. The predicted octanol–water partition coefficient (Wildman–Crippen LogP) is 5.80. The van der Waals surface area contributed by atoms with Gasteiger partial charge >= 0.3 is 0 Å². The predicted molar refractivity (Wildman–Crippen MR) is 83.9 cm³/mol. The lowest BCUT2D eigenvalue weighted by molar-refractivity contribution is 0.616. The highest BCUT2D eigenvalue weighted by Gasteiger charge is 2.12. The number of rotatable bonds is 5.